The minimum Gasteiger partial charge on any atom is -0.368 e. The topological polar surface area (TPSA) is 66.9 Å². The summed E-state index contributed by atoms with van der Waals surface area (Å²) >= 11 is 1.29. The van der Waals surface area contributed by atoms with Crippen molar-refractivity contribution in [2.24, 2.45) is 0 Å². The van der Waals surface area contributed by atoms with Gasteiger partial charge in [-0.15, -0.1) is 11.3 Å². The zero-order chi connectivity index (χ0) is 26.2. The molecule has 0 aliphatic carbocycles. The zero-order valence-electron chi connectivity index (χ0n) is 21.2. The van der Waals surface area contributed by atoms with Crippen LogP contribution in [-0.2, 0) is 38.8 Å². The number of hydrogen-bond donors (Lipinski definition) is 0. The van der Waals surface area contributed by atoms with Gasteiger partial charge in [-0.25, -0.2) is 4.98 Å². The summed E-state index contributed by atoms with van der Waals surface area (Å²) in [4.78, 5) is 17.8. The first-order valence-electron chi connectivity index (χ1n) is 12.7. The summed E-state index contributed by atoms with van der Waals surface area (Å²) in [6, 6.07) is 29.8. The third-order valence-corrected chi connectivity index (χ3v) is 7.31. The van der Waals surface area contributed by atoms with Crippen molar-refractivity contribution in [2.45, 2.75) is 57.3 Å². The number of nitrogens with zero attached hydrogens (tertiary/aromatic N) is 1. The van der Waals surface area contributed by atoms with Crippen LogP contribution in [0.5, 0.6) is 0 Å². The first kappa shape index (κ1) is 26.4. The fourth-order valence-corrected chi connectivity index (χ4v) is 5.20. The van der Waals surface area contributed by atoms with Crippen LogP contribution in [0.1, 0.15) is 33.4 Å². The fourth-order valence-electron chi connectivity index (χ4n) is 4.59. The van der Waals surface area contributed by atoms with E-state index >= 15 is 0 Å². The first-order valence-corrected chi connectivity index (χ1v) is 13.6. The van der Waals surface area contributed by atoms with Crippen LogP contribution in [0.2, 0.25) is 0 Å². The maximum atomic E-state index is 13.6. The number of ether oxygens (including phenoxy) is 4. The van der Waals surface area contributed by atoms with Gasteiger partial charge in [0.25, 0.3) is 0 Å². The SMILES string of the molecule is C[C@@H]1O[C@H](C(=O)c2nccs2)[C@@H](OCc2ccccc2)[C@H](OCc2ccccc2)[C@@H]1OCc1ccccc1. The summed E-state index contributed by atoms with van der Waals surface area (Å²) < 4.78 is 25.8. The maximum absolute atomic E-state index is 13.6. The van der Waals surface area contributed by atoms with E-state index in [2.05, 4.69) is 4.98 Å². The molecule has 0 bridgehead atoms. The van der Waals surface area contributed by atoms with Crippen LogP contribution in [0, 0.1) is 0 Å². The second-order valence-electron chi connectivity index (χ2n) is 9.25. The number of hydrogen-bond acceptors (Lipinski definition) is 7. The number of benzene rings is 3. The van der Waals surface area contributed by atoms with E-state index < -0.39 is 30.5 Å². The van der Waals surface area contributed by atoms with Crippen LogP contribution < -0.4 is 0 Å². The minimum atomic E-state index is -0.878. The molecule has 0 amide bonds. The predicted octanol–water partition coefficient (Wildman–Crippen LogP) is 5.87. The summed E-state index contributed by atoms with van der Waals surface area (Å²) in [6.45, 7) is 2.97. The van der Waals surface area contributed by atoms with Crippen molar-refractivity contribution in [2.75, 3.05) is 0 Å². The highest BCUT2D eigenvalue weighted by Crippen LogP contribution is 2.32. The monoisotopic (exact) mass is 529 g/mol. The van der Waals surface area contributed by atoms with Crippen LogP contribution in [-0.4, -0.2) is 41.3 Å². The minimum absolute atomic E-state index is 0.209. The van der Waals surface area contributed by atoms with E-state index in [9.17, 15) is 4.79 Å². The van der Waals surface area contributed by atoms with Crippen molar-refractivity contribution in [3.05, 3.63) is 124 Å². The Hall–Kier alpha value is -3.20. The Morgan fingerprint density at radius 1 is 0.737 bits per heavy atom. The van der Waals surface area contributed by atoms with Crippen molar-refractivity contribution in [1.82, 2.24) is 4.98 Å². The second-order valence-corrected chi connectivity index (χ2v) is 10.1. The van der Waals surface area contributed by atoms with Gasteiger partial charge in [-0.05, 0) is 23.6 Å². The van der Waals surface area contributed by atoms with Crippen molar-refractivity contribution < 1.29 is 23.7 Å². The number of aromatic nitrogens is 1. The highest BCUT2D eigenvalue weighted by atomic mass is 32.1. The molecule has 1 aliphatic heterocycles. The molecule has 38 heavy (non-hydrogen) atoms. The molecule has 2 heterocycles. The molecule has 6 nitrogen and oxygen atoms in total. The number of carbonyl (C=O) groups excluding carboxylic acids is 1. The zero-order valence-corrected chi connectivity index (χ0v) is 22.0. The number of carbonyl (C=O) groups is 1. The highest BCUT2D eigenvalue weighted by molar-refractivity contribution is 7.11. The smallest absolute Gasteiger partial charge is 0.222 e. The highest BCUT2D eigenvalue weighted by Gasteiger charge is 2.50. The molecule has 5 atom stereocenters. The molecule has 0 N–H and O–H groups in total. The van der Waals surface area contributed by atoms with Crippen LogP contribution in [0.15, 0.2) is 103 Å². The molecule has 0 unspecified atom stereocenters. The second kappa shape index (κ2) is 13.0. The van der Waals surface area contributed by atoms with Crippen LogP contribution >= 0.6 is 11.3 Å². The molecule has 3 aromatic carbocycles. The normalized spacial score (nSPS) is 23.2. The van der Waals surface area contributed by atoms with E-state index in [0.717, 1.165) is 16.7 Å². The molecule has 0 spiro atoms. The lowest BCUT2D eigenvalue weighted by atomic mass is 9.92. The number of ketones is 1. The van der Waals surface area contributed by atoms with E-state index in [1.54, 1.807) is 11.6 Å². The standard InChI is InChI=1S/C31H31NO5S/c1-22-27(34-19-23-11-5-2-6-12-23)29(35-20-24-13-7-3-8-14-24)30(36-21-25-15-9-4-10-16-25)28(37-22)26(33)31-32-17-18-38-31/h2-18,22,27-30H,19-21H2,1H3/t22-,27+,28+,29+,30+/m0/s1. The number of rotatable bonds is 11. The molecular weight excluding hydrogens is 498 g/mol. The number of Topliss-reactive ketones (excluding diaryl/α,β-unsaturated/α-hetero) is 1. The van der Waals surface area contributed by atoms with E-state index in [1.165, 1.54) is 11.3 Å². The van der Waals surface area contributed by atoms with Gasteiger partial charge in [-0.2, -0.15) is 0 Å². The van der Waals surface area contributed by atoms with E-state index in [0.29, 0.717) is 24.8 Å². The van der Waals surface area contributed by atoms with Gasteiger partial charge in [0.05, 0.1) is 25.9 Å². The molecule has 1 aromatic heterocycles. The third kappa shape index (κ3) is 6.62. The van der Waals surface area contributed by atoms with Gasteiger partial charge in [-0.3, -0.25) is 4.79 Å². The van der Waals surface area contributed by atoms with Crippen molar-refractivity contribution >= 4 is 17.1 Å². The van der Waals surface area contributed by atoms with E-state index in [-0.39, 0.29) is 5.78 Å². The average Bonchev–Trinajstić information content (AvgIpc) is 3.51. The Bertz CT molecular complexity index is 1250. The van der Waals surface area contributed by atoms with Gasteiger partial charge in [0.15, 0.2) is 11.1 Å². The Morgan fingerprint density at radius 3 is 1.68 bits per heavy atom. The average molecular weight is 530 g/mol. The molecule has 1 saturated heterocycles. The van der Waals surface area contributed by atoms with Gasteiger partial charge in [0, 0.05) is 11.6 Å². The quantitative estimate of drug-likeness (QED) is 0.227. The molecule has 5 rings (SSSR count). The molecule has 196 valence electrons. The Morgan fingerprint density at radius 2 is 1.21 bits per heavy atom. The first-order chi connectivity index (χ1) is 18.7. The van der Waals surface area contributed by atoms with E-state index in [4.69, 9.17) is 18.9 Å². The summed E-state index contributed by atoms with van der Waals surface area (Å²) in [6.07, 6.45) is -1.38. The molecule has 1 aliphatic rings. The van der Waals surface area contributed by atoms with Crippen molar-refractivity contribution in [1.29, 1.82) is 0 Å². The molecule has 4 aromatic rings. The summed E-state index contributed by atoms with van der Waals surface area (Å²) in [5, 5.41) is 2.18. The largest absolute Gasteiger partial charge is 0.368 e. The Labute approximate surface area is 227 Å². The lowest BCUT2D eigenvalue weighted by molar-refractivity contribution is -0.250. The lowest BCUT2D eigenvalue weighted by Crippen LogP contribution is -2.61. The van der Waals surface area contributed by atoms with Gasteiger partial charge in [0.2, 0.25) is 5.78 Å². The third-order valence-electron chi connectivity index (χ3n) is 6.53. The maximum Gasteiger partial charge on any atom is 0.222 e. The molecule has 7 heteroatoms. The van der Waals surface area contributed by atoms with Crippen LogP contribution in [0.3, 0.4) is 0 Å². The van der Waals surface area contributed by atoms with Gasteiger partial charge in [-0.1, -0.05) is 91.0 Å². The fraction of sp³-hybridized carbons (Fsp3) is 0.290. The van der Waals surface area contributed by atoms with Gasteiger partial charge in [0.1, 0.15) is 18.3 Å². The summed E-state index contributed by atoms with van der Waals surface area (Å²) in [5.41, 5.74) is 3.07. The Balaban J connectivity index is 1.44. The van der Waals surface area contributed by atoms with Crippen molar-refractivity contribution in [3.63, 3.8) is 0 Å². The van der Waals surface area contributed by atoms with Crippen LogP contribution in [0.25, 0.3) is 0 Å². The molecular formula is C31H31NO5S. The Kier molecular flexibility index (Phi) is 9.06. The molecule has 0 saturated carbocycles. The summed E-state index contributed by atoms with van der Waals surface area (Å²) in [5.74, 6) is -0.209. The van der Waals surface area contributed by atoms with Gasteiger partial charge < -0.3 is 18.9 Å². The summed E-state index contributed by atoms with van der Waals surface area (Å²) in [7, 11) is 0. The molecule has 0 radical (unpaired) electrons. The van der Waals surface area contributed by atoms with Crippen molar-refractivity contribution in [3.8, 4) is 0 Å². The van der Waals surface area contributed by atoms with Crippen LogP contribution in [0.4, 0.5) is 0 Å². The predicted molar refractivity (Wildman–Crippen MR) is 146 cm³/mol. The molecule has 1 fully saturated rings. The van der Waals surface area contributed by atoms with Gasteiger partial charge >= 0.3 is 0 Å². The lowest BCUT2D eigenvalue weighted by Gasteiger charge is -2.44. The van der Waals surface area contributed by atoms with E-state index in [1.807, 2.05) is 97.9 Å². The number of thiazole rings is 1.